The van der Waals surface area contributed by atoms with Gasteiger partial charge in [-0.1, -0.05) is 13.8 Å². The number of rotatable bonds is 5. The summed E-state index contributed by atoms with van der Waals surface area (Å²) in [6.45, 7) is 7.84. The van der Waals surface area contributed by atoms with Gasteiger partial charge in [0.25, 0.3) is 0 Å². The summed E-state index contributed by atoms with van der Waals surface area (Å²) in [6.07, 6.45) is 2.28. The van der Waals surface area contributed by atoms with E-state index in [4.69, 9.17) is 5.26 Å². The number of nitrogens with zero attached hydrogens (tertiary/aromatic N) is 4. The number of aromatic nitrogens is 2. The summed E-state index contributed by atoms with van der Waals surface area (Å²) >= 11 is 0. The minimum Gasteiger partial charge on any atom is -0.355 e. The lowest BCUT2D eigenvalue weighted by Crippen LogP contribution is -2.29. The summed E-state index contributed by atoms with van der Waals surface area (Å²) in [5.41, 5.74) is 0. The van der Waals surface area contributed by atoms with Crippen molar-refractivity contribution in [1.29, 1.82) is 5.26 Å². The van der Waals surface area contributed by atoms with Gasteiger partial charge in [0, 0.05) is 19.3 Å². The standard InChI is InChI=1S/C12H18N4/c1-10(2)9-16(8-4-6-13)12-5-7-14-11(3)15-12/h5,7,10H,4,8-9H2,1-3H3. The summed E-state index contributed by atoms with van der Waals surface area (Å²) < 4.78 is 0. The van der Waals surface area contributed by atoms with E-state index in [-0.39, 0.29) is 0 Å². The first-order valence-corrected chi connectivity index (χ1v) is 5.55. The van der Waals surface area contributed by atoms with Crippen LogP contribution >= 0.6 is 0 Å². The summed E-state index contributed by atoms with van der Waals surface area (Å²) in [5, 5.41) is 8.64. The van der Waals surface area contributed by atoms with Gasteiger partial charge in [-0.15, -0.1) is 0 Å². The molecule has 1 rings (SSSR count). The van der Waals surface area contributed by atoms with Crippen LogP contribution in [0.2, 0.25) is 0 Å². The monoisotopic (exact) mass is 218 g/mol. The molecule has 86 valence electrons. The third kappa shape index (κ3) is 3.85. The van der Waals surface area contributed by atoms with Crippen LogP contribution in [0.3, 0.4) is 0 Å². The number of nitriles is 1. The molecule has 1 aromatic rings. The largest absolute Gasteiger partial charge is 0.355 e. The molecule has 4 heteroatoms. The van der Waals surface area contributed by atoms with Crippen molar-refractivity contribution in [2.45, 2.75) is 27.2 Å². The molecule has 0 unspecified atom stereocenters. The molecule has 0 saturated heterocycles. The second-order valence-electron chi connectivity index (χ2n) is 4.21. The highest BCUT2D eigenvalue weighted by molar-refractivity contribution is 5.37. The minimum absolute atomic E-state index is 0.524. The van der Waals surface area contributed by atoms with Gasteiger partial charge in [0.15, 0.2) is 0 Å². The Bertz CT molecular complexity index is 368. The molecule has 0 bridgehead atoms. The number of hydrogen-bond acceptors (Lipinski definition) is 4. The fourth-order valence-corrected chi connectivity index (χ4v) is 1.54. The minimum atomic E-state index is 0.524. The smallest absolute Gasteiger partial charge is 0.132 e. The Labute approximate surface area is 96.9 Å². The first-order chi connectivity index (χ1) is 7.63. The Morgan fingerprint density at radius 2 is 2.25 bits per heavy atom. The van der Waals surface area contributed by atoms with Gasteiger partial charge in [-0.25, -0.2) is 9.97 Å². The van der Waals surface area contributed by atoms with Gasteiger partial charge in [-0.3, -0.25) is 0 Å². The highest BCUT2D eigenvalue weighted by Gasteiger charge is 2.09. The topological polar surface area (TPSA) is 52.8 Å². The van der Waals surface area contributed by atoms with E-state index in [1.165, 1.54) is 0 Å². The molecule has 0 aliphatic heterocycles. The molecule has 0 N–H and O–H groups in total. The van der Waals surface area contributed by atoms with Crippen LogP contribution in [0.15, 0.2) is 12.3 Å². The van der Waals surface area contributed by atoms with E-state index in [9.17, 15) is 0 Å². The molecule has 4 nitrogen and oxygen atoms in total. The second kappa shape index (κ2) is 6.06. The quantitative estimate of drug-likeness (QED) is 0.760. The molecular formula is C12H18N4. The molecule has 0 radical (unpaired) electrons. The Morgan fingerprint density at radius 3 is 2.81 bits per heavy atom. The molecule has 1 aromatic heterocycles. The van der Waals surface area contributed by atoms with Crippen molar-refractivity contribution in [2.24, 2.45) is 5.92 Å². The average Bonchev–Trinajstić information content (AvgIpc) is 2.23. The molecule has 1 heterocycles. The molecule has 0 aliphatic carbocycles. The first-order valence-electron chi connectivity index (χ1n) is 5.55. The van der Waals surface area contributed by atoms with Crippen LogP contribution in [0.5, 0.6) is 0 Å². The van der Waals surface area contributed by atoms with E-state index in [1.54, 1.807) is 6.20 Å². The molecule has 0 aromatic carbocycles. The number of anilines is 1. The van der Waals surface area contributed by atoms with E-state index < -0.39 is 0 Å². The lowest BCUT2D eigenvalue weighted by Gasteiger charge is -2.24. The lowest BCUT2D eigenvalue weighted by molar-refractivity contribution is 0.606. The maximum Gasteiger partial charge on any atom is 0.132 e. The zero-order chi connectivity index (χ0) is 12.0. The Kier molecular flexibility index (Phi) is 4.71. The maximum absolute atomic E-state index is 8.64. The third-order valence-electron chi connectivity index (χ3n) is 2.16. The summed E-state index contributed by atoms with van der Waals surface area (Å²) in [6, 6.07) is 4.07. The van der Waals surface area contributed by atoms with Crippen LogP contribution < -0.4 is 4.90 Å². The molecule has 0 saturated carbocycles. The SMILES string of the molecule is Cc1nccc(N(CCC#N)CC(C)C)n1. The van der Waals surface area contributed by atoms with E-state index in [1.807, 2.05) is 13.0 Å². The highest BCUT2D eigenvalue weighted by Crippen LogP contribution is 2.12. The van der Waals surface area contributed by atoms with Gasteiger partial charge in [0.1, 0.15) is 11.6 Å². The van der Waals surface area contributed by atoms with Gasteiger partial charge in [0.2, 0.25) is 0 Å². The molecule has 16 heavy (non-hydrogen) atoms. The van der Waals surface area contributed by atoms with Crippen LogP contribution in [0, 0.1) is 24.2 Å². The average molecular weight is 218 g/mol. The fraction of sp³-hybridized carbons (Fsp3) is 0.583. The van der Waals surface area contributed by atoms with Crippen LogP contribution in [0.1, 0.15) is 26.1 Å². The van der Waals surface area contributed by atoms with Crippen LogP contribution in [-0.2, 0) is 0 Å². The number of hydrogen-bond donors (Lipinski definition) is 0. The second-order valence-corrected chi connectivity index (χ2v) is 4.21. The zero-order valence-electron chi connectivity index (χ0n) is 10.1. The van der Waals surface area contributed by atoms with Gasteiger partial charge in [-0.2, -0.15) is 5.26 Å². The predicted molar refractivity (Wildman–Crippen MR) is 64.1 cm³/mol. The van der Waals surface area contributed by atoms with Crippen molar-refractivity contribution < 1.29 is 0 Å². The van der Waals surface area contributed by atoms with Gasteiger partial charge < -0.3 is 4.90 Å². The van der Waals surface area contributed by atoms with Crippen molar-refractivity contribution in [3.05, 3.63) is 18.1 Å². The number of aryl methyl sites for hydroxylation is 1. The zero-order valence-corrected chi connectivity index (χ0v) is 10.1. The van der Waals surface area contributed by atoms with Gasteiger partial charge in [-0.05, 0) is 18.9 Å². The fourth-order valence-electron chi connectivity index (χ4n) is 1.54. The summed E-state index contributed by atoms with van der Waals surface area (Å²) in [7, 11) is 0. The van der Waals surface area contributed by atoms with E-state index >= 15 is 0 Å². The molecule has 0 aliphatic rings. The van der Waals surface area contributed by atoms with E-state index in [0.717, 1.165) is 24.7 Å². The summed E-state index contributed by atoms with van der Waals surface area (Å²) in [5.74, 6) is 2.23. The van der Waals surface area contributed by atoms with Crippen molar-refractivity contribution in [1.82, 2.24) is 9.97 Å². The van der Waals surface area contributed by atoms with Crippen molar-refractivity contribution in [3.63, 3.8) is 0 Å². The van der Waals surface area contributed by atoms with Crippen LogP contribution in [0.25, 0.3) is 0 Å². The molecular weight excluding hydrogens is 200 g/mol. The van der Waals surface area contributed by atoms with Crippen molar-refractivity contribution in [3.8, 4) is 6.07 Å². The van der Waals surface area contributed by atoms with Crippen molar-refractivity contribution >= 4 is 5.82 Å². The maximum atomic E-state index is 8.64. The third-order valence-corrected chi connectivity index (χ3v) is 2.16. The molecule has 0 fully saturated rings. The summed E-state index contributed by atoms with van der Waals surface area (Å²) in [4.78, 5) is 10.6. The van der Waals surface area contributed by atoms with Crippen LogP contribution in [0.4, 0.5) is 5.82 Å². The van der Waals surface area contributed by atoms with Crippen molar-refractivity contribution in [2.75, 3.05) is 18.0 Å². The normalized spacial score (nSPS) is 10.2. The predicted octanol–water partition coefficient (Wildman–Crippen LogP) is 2.16. The first kappa shape index (κ1) is 12.4. The molecule has 0 atom stereocenters. The lowest BCUT2D eigenvalue weighted by atomic mass is 10.2. The Hall–Kier alpha value is -1.63. The van der Waals surface area contributed by atoms with Gasteiger partial charge >= 0.3 is 0 Å². The molecule has 0 amide bonds. The highest BCUT2D eigenvalue weighted by atomic mass is 15.2. The van der Waals surface area contributed by atoms with E-state index in [2.05, 4.69) is 34.8 Å². The Morgan fingerprint density at radius 1 is 1.50 bits per heavy atom. The molecule has 0 spiro atoms. The Balaban J connectivity index is 2.79. The van der Waals surface area contributed by atoms with E-state index in [0.29, 0.717) is 12.3 Å². The van der Waals surface area contributed by atoms with Gasteiger partial charge in [0.05, 0.1) is 12.5 Å². The van der Waals surface area contributed by atoms with Crippen LogP contribution in [-0.4, -0.2) is 23.1 Å².